The number of nitrogens with one attached hydrogen (secondary N) is 3. The molecule has 1 amide bonds. The van der Waals surface area contributed by atoms with E-state index in [1.807, 2.05) is 37.4 Å². The van der Waals surface area contributed by atoms with E-state index in [0.717, 1.165) is 16.2 Å². The molecule has 130 valence electrons. The fourth-order valence-electron chi connectivity index (χ4n) is 2.89. The van der Waals surface area contributed by atoms with Gasteiger partial charge in [-0.2, -0.15) is 5.10 Å². The Morgan fingerprint density at radius 1 is 1.40 bits per heavy atom. The van der Waals surface area contributed by atoms with Gasteiger partial charge in [-0.25, -0.2) is 20.4 Å². The molecule has 3 unspecified atom stereocenters. The first kappa shape index (κ1) is 16.5. The zero-order valence-electron chi connectivity index (χ0n) is 13.4. The summed E-state index contributed by atoms with van der Waals surface area (Å²) in [5, 5.41) is 7.87. The molecule has 7 nitrogen and oxygen atoms in total. The normalized spacial score (nSPS) is 21.5. The first-order chi connectivity index (χ1) is 12.1. The van der Waals surface area contributed by atoms with Gasteiger partial charge in [0, 0.05) is 11.1 Å². The first-order valence-electron chi connectivity index (χ1n) is 7.96. The lowest BCUT2D eigenvalue weighted by Gasteiger charge is -2.15. The highest BCUT2D eigenvalue weighted by molar-refractivity contribution is 7.14. The molecule has 1 aromatic carbocycles. The van der Waals surface area contributed by atoms with Crippen LogP contribution in [0, 0.1) is 0 Å². The predicted octanol–water partition coefficient (Wildman–Crippen LogP) is 2.23. The molecule has 9 heteroatoms. The molecule has 0 aliphatic carbocycles. The van der Waals surface area contributed by atoms with Crippen LogP contribution in [0.3, 0.4) is 0 Å². The molecule has 3 atom stereocenters. The molecule has 0 radical (unpaired) electrons. The zero-order valence-corrected chi connectivity index (χ0v) is 15.0. The van der Waals surface area contributed by atoms with Gasteiger partial charge in [0.1, 0.15) is 11.6 Å². The van der Waals surface area contributed by atoms with E-state index in [9.17, 15) is 4.79 Å². The number of rotatable bonds is 4. The van der Waals surface area contributed by atoms with Gasteiger partial charge in [0.15, 0.2) is 0 Å². The average Bonchev–Trinajstić information content (AvgIpc) is 3.31. The van der Waals surface area contributed by atoms with E-state index in [2.05, 4.69) is 26.3 Å². The molecule has 1 saturated heterocycles. The van der Waals surface area contributed by atoms with Gasteiger partial charge < -0.3 is 5.32 Å². The largest absolute Gasteiger partial charge is 0.347 e. The third-order valence-corrected chi connectivity index (χ3v) is 5.24. The number of imidazole rings is 1. The molecule has 0 bridgehead atoms. The topological polar surface area (TPSA) is 83.4 Å². The fraction of sp³-hybridized carbons (Fsp3) is 0.312. The molecular weight excluding hydrogens is 360 g/mol. The van der Waals surface area contributed by atoms with Crippen molar-refractivity contribution in [3.63, 3.8) is 0 Å². The Labute approximate surface area is 153 Å². The number of hydrogen-bond acceptors (Lipinski definition) is 6. The molecule has 4 rings (SSSR count). The van der Waals surface area contributed by atoms with Crippen molar-refractivity contribution in [1.29, 1.82) is 0 Å². The maximum atomic E-state index is 12.5. The quantitative estimate of drug-likeness (QED) is 0.650. The van der Waals surface area contributed by atoms with Crippen molar-refractivity contribution >= 4 is 33.8 Å². The van der Waals surface area contributed by atoms with E-state index in [0.29, 0.717) is 11.4 Å². The summed E-state index contributed by atoms with van der Waals surface area (Å²) in [6.45, 7) is 1.92. The second-order valence-corrected chi connectivity index (χ2v) is 7.29. The molecule has 0 spiro atoms. The number of amides is 1. The third kappa shape index (κ3) is 3.38. The van der Waals surface area contributed by atoms with Crippen molar-refractivity contribution in [2.75, 3.05) is 0 Å². The van der Waals surface area contributed by atoms with Gasteiger partial charge in [0.05, 0.1) is 17.9 Å². The summed E-state index contributed by atoms with van der Waals surface area (Å²) in [6, 6.07) is 7.23. The number of nitrogens with zero attached hydrogens (tertiary/aromatic N) is 3. The maximum Gasteiger partial charge on any atom is 0.239 e. The molecule has 1 aliphatic rings. The molecule has 2 aromatic heterocycles. The zero-order chi connectivity index (χ0) is 17.4. The first-order valence-corrected chi connectivity index (χ1v) is 9.21. The molecule has 3 aromatic rings. The van der Waals surface area contributed by atoms with Crippen LogP contribution < -0.4 is 16.2 Å². The number of carbonyl (C=O) groups is 1. The average molecular weight is 377 g/mol. The lowest BCUT2D eigenvalue weighted by Crippen LogP contribution is -2.44. The summed E-state index contributed by atoms with van der Waals surface area (Å²) in [6.07, 6.45) is 2.51. The van der Waals surface area contributed by atoms with Crippen molar-refractivity contribution < 1.29 is 4.79 Å². The van der Waals surface area contributed by atoms with E-state index in [1.54, 1.807) is 10.0 Å². The highest BCUT2D eigenvalue weighted by Crippen LogP contribution is 2.24. The summed E-state index contributed by atoms with van der Waals surface area (Å²) in [5.74, 6) is -0.0548. The Morgan fingerprint density at radius 2 is 2.20 bits per heavy atom. The summed E-state index contributed by atoms with van der Waals surface area (Å²) in [5.41, 5.74) is 9.87. The molecule has 1 fully saturated rings. The molecular formula is C16H17ClN6OS. The van der Waals surface area contributed by atoms with E-state index in [-0.39, 0.29) is 24.0 Å². The van der Waals surface area contributed by atoms with E-state index in [4.69, 9.17) is 11.6 Å². The van der Waals surface area contributed by atoms with Gasteiger partial charge in [0.2, 0.25) is 10.9 Å². The Kier molecular flexibility index (Phi) is 4.43. The maximum absolute atomic E-state index is 12.5. The molecule has 25 heavy (non-hydrogen) atoms. The Morgan fingerprint density at radius 3 is 2.96 bits per heavy atom. The van der Waals surface area contributed by atoms with Gasteiger partial charge >= 0.3 is 0 Å². The summed E-state index contributed by atoms with van der Waals surface area (Å²) in [7, 11) is 0. The monoisotopic (exact) mass is 376 g/mol. The van der Waals surface area contributed by atoms with Crippen LogP contribution in [0.4, 0.5) is 0 Å². The van der Waals surface area contributed by atoms with Gasteiger partial charge in [-0.15, -0.1) is 0 Å². The number of fused-ring (bicyclic) bond motifs is 1. The van der Waals surface area contributed by atoms with Gasteiger partial charge in [-0.3, -0.25) is 4.79 Å². The lowest BCUT2D eigenvalue weighted by atomic mass is 10.0. The lowest BCUT2D eigenvalue weighted by molar-refractivity contribution is -0.123. The molecule has 3 heterocycles. The summed E-state index contributed by atoms with van der Waals surface area (Å²) >= 11 is 7.39. The number of aromatic nitrogens is 3. The van der Waals surface area contributed by atoms with Crippen molar-refractivity contribution in [2.24, 2.45) is 0 Å². The molecule has 1 aliphatic heterocycles. The van der Waals surface area contributed by atoms with Crippen LogP contribution in [0.25, 0.3) is 4.96 Å². The Bertz CT molecular complexity index is 863. The SMILES string of the molecule is CC(NC(=O)C1CC(c2ccc(Cl)cc2)NN1)c1cn2ncsc2n1. The van der Waals surface area contributed by atoms with Crippen LogP contribution in [-0.2, 0) is 4.79 Å². The van der Waals surface area contributed by atoms with Gasteiger partial charge in [0.25, 0.3) is 0 Å². The minimum absolute atomic E-state index is 0.0548. The number of halogens is 1. The highest BCUT2D eigenvalue weighted by Gasteiger charge is 2.31. The second kappa shape index (κ2) is 6.72. The van der Waals surface area contributed by atoms with Crippen LogP contribution in [0.15, 0.2) is 36.0 Å². The molecule has 0 saturated carbocycles. The smallest absolute Gasteiger partial charge is 0.239 e. The van der Waals surface area contributed by atoms with Crippen LogP contribution in [0.5, 0.6) is 0 Å². The van der Waals surface area contributed by atoms with Crippen molar-refractivity contribution in [3.05, 3.63) is 52.3 Å². The van der Waals surface area contributed by atoms with Crippen LogP contribution in [-0.4, -0.2) is 26.5 Å². The summed E-state index contributed by atoms with van der Waals surface area (Å²) < 4.78 is 1.72. The van der Waals surface area contributed by atoms with E-state index < -0.39 is 0 Å². The van der Waals surface area contributed by atoms with Crippen LogP contribution in [0.1, 0.15) is 36.7 Å². The Hall–Kier alpha value is -2.00. The second-order valence-electron chi connectivity index (χ2n) is 6.04. The number of hydrazine groups is 1. The number of benzene rings is 1. The Balaban J connectivity index is 1.38. The van der Waals surface area contributed by atoms with E-state index in [1.165, 1.54) is 11.3 Å². The van der Waals surface area contributed by atoms with Crippen molar-refractivity contribution in [1.82, 2.24) is 30.8 Å². The van der Waals surface area contributed by atoms with Gasteiger partial charge in [-0.1, -0.05) is 35.1 Å². The minimum atomic E-state index is -0.301. The molecule has 3 N–H and O–H groups in total. The third-order valence-electron chi connectivity index (χ3n) is 4.30. The van der Waals surface area contributed by atoms with E-state index >= 15 is 0 Å². The van der Waals surface area contributed by atoms with Crippen molar-refractivity contribution in [3.8, 4) is 0 Å². The van der Waals surface area contributed by atoms with Crippen molar-refractivity contribution in [2.45, 2.75) is 31.5 Å². The number of hydrogen-bond donors (Lipinski definition) is 3. The fourth-order valence-corrected chi connectivity index (χ4v) is 3.63. The van der Waals surface area contributed by atoms with Crippen LogP contribution >= 0.6 is 22.9 Å². The summed E-state index contributed by atoms with van der Waals surface area (Å²) in [4.78, 5) is 17.8. The van der Waals surface area contributed by atoms with Gasteiger partial charge in [-0.05, 0) is 31.0 Å². The minimum Gasteiger partial charge on any atom is -0.347 e. The number of carbonyl (C=O) groups excluding carboxylic acids is 1. The predicted molar refractivity (Wildman–Crippen MR) is 96.3 cm³/mol. The van der Waals surface area contributed by atoms with Crippen LogP contribution in [0.2, 0.25) is 5.02 Å². The highest BCUT2D eigenvalue weighted by atomic mass is 35.5. The standard InChI is InChI=1S/C16H17ClN6OS/c1-9(14-7-23-16(20-14)25-8-18-23)19-15(24)13-6-12(21-22-13)10-2-4-11(17)5-3-10/h2-5,7-9,12-13,21-22H,6H2,1H3,(H,19,24).